The van der Waals surface area contributed by atoms with Crippen molar-refractivity contribution < 1.29 is 9.59 Å². The van der Waals surface area contributed by atoms with Gasteiger partial charge in [0.15, 0.2) is 5.17 Å². The van der Waals surface area contributed by atoms with Crippen LogP contribution in [-0.4, -0.2) is 22.7 Å². The van der Waals surface area contributed by atoms with Crippen molar-refractivity contribution in [2.24, 2.45) is 10.7 Å². The largest absolute Gasteiger partial charge is 0.366 e. The molecule has 0 spiro atoms. The van der Waals surface area contributed by atoms with Crippen LogP contribution < -0.4 is 16.4 Å². The molecule has 2 amide bonds. The summed E-state index contributed by atoms with van der Waals surface area (Å²) < 4.78 is 0. The molecule has 6 nitrogen and oxygen atoms in total. The fourth-order valence-electron chi connectivity index (χ4n) is 2.85. The van der Waals surface area contributed by atoms with Crippen LogP contribution >= 0.6 is 35.0 Å². The van der Waals surface area contributed by atoms with E-state index in [2.05, 4.69) is 15.6 Å². The SMILES string of the molecule is CC1=C(C(N)=O)[C@@H](c2cccc(Cl)c2Cl)N=C(SCC(=O)Nc2ccccc2)N1. The summed E-state index contributed by atoms with van der Waals surface area (Å²) in [7, 11) is 0. The number of thioether (sulfide) groups is 1. The van der Waals surface area contributed by atoms with Crippen molar-refractivity contribution in [3.05, 3.63) is 75.4 Å². The molecule has 1 atom stereocenters. The second-order valence-corrected chi connectivity index (χ2v) is 7.96. The van der Waals surface area contributed by atoms with E-state index in [0.717, 1.165) is 0 Å². The number of allylic oxidation sites excluding steroid dienone is 1. The number of nitrogens with one attached hydrogen (secondary N) is 2. The van der Waals surface area contributed by atoms with Crippen molar-refractivity contribution >= 4 is 57.6 Å². The first-order chi connectivity index (χ1) is 13.9. The molecule has 0 saturated carbocycles. The molecule has 1 aliphatic rings. The maximum Gasteiger partial charge on any atom is 0.248 e. The Labute approximate surface area is 182 Å². The van der Waals surface area contributed by atoms with Gasteiger partial charge in [-0.1, -0.05) is 65.3 Å². The number of halogens is 2. The summed E-state index contributed by atoms with van der Waals surface area (Å²) in [5.41, 5.74) is 7.71. The topological polar surface area (TPSA) is 96.6 Å². The Morgan fingerprint density at radius 1 is 1.17 bits per heavy atom. The highest BCUT2D eigenvalue weighted by Gasteiger charge is 2.30. The fourth-order valence-corrected chi connectivity index (χ4v) is 4.01. The van der Waals surface area contributed by atoms with Crippen LogP contribution in [0.5, 0.6) is 0 Å². The summed E-state index contributed by atoms with van der Waals surface area (Å²) in [5.74, 6) is -0.647. The molecule has 9 heteroatoms. The van der Waals surface area contributed by atoms with Gasteiger partial charge in [0.25, 0.3) is 0 Å². The number of nitrogens with zero attached hydrogens (tertiary/aromatic N) is 1. The van der Waals surface area contributed by atoms with Gasteiger partial charge in [0, 0.05) is 16.9 Å². The van der Waals surface area contributed by atoms with E-state index in [1.54, 1.807) is 25.1 Å². The Kier molecular flexibility index (Phi) is 6.84. The standard InChI is InChI=1S/C20H18Cl2N4O2S/c1-11-16(19(23)28)18(13-8-5-9-14(21)17(13)22)26-20(24-11)29-10-15(27)25-12-6-3-2-4-7-12/h2-9,18H,10H2,1H3,(H2,23,28)(H,24,26)(H,25,27)/t18-/m1/s1. The first kappa shape index (κ1) is 21.2. The lowest BCUT2D eigenvalue weighted by Gasteiger charge is -2.26. The number of amides is 2. The molecule has 29 heavy (non-hydrogen) atoms. The lowest BCUT2D eigenvalue weighted by Crippen LogP contribution is -2.33. The number of hydrogen-bond acceptors (Lipinski definition) is 5. The first-order valence-corrected chi connectivity index (χ1v) is 10.4. The van der Waals surface area contributed by atoms with Crippen molar-refractivity contribution in [1.82, 2.24) is 5.32 Å². The van der Waals surface area contributed by atoms with E-state index >= 15 is 0 Å². The summed E-state index contributed by atoms with van der Waals surface area (Å²) >= 11 is 13.7. The molecule has 2 aromatic carbocycles. The van der Waals surface area contributed by atoms with Gasteiger partial charge in [-0.2, -0.15) is 0 Å². The Morgan fingerprint density at radius 2 is 1.90 bits per heavy atom. The molecule has 0 aliphatic carbocycles. The van der Waals surface area contributed by atoms with Gasteiger partial charge >= 0.3 is 0 Å². The molecular formula is C20H18Cl2N4O2S. The van der Waals surface area contributed by atoms with Crippen molar-refractivity contribution in [2.45, 2.75) is 13.0 Å². The Hall–Kier alpha value is -2.48. The second kappa shape index (κ2) is 9.35. The molecule has 4 N–H and O–H groups in total. The van der Waals surface area contributed by atoms with Gasteiger partial charge < -0.3 is 16.4 Å². The second-order valence-electron chi connectivity index (χ2n) is 6.21. The summed E-state index contributed by atoms with van der Waals surface area (Å²) in [4.78, 5) is 28.8. The summed E-state index contributed by atoms with van der Waals surface area (Å²) in [6.45, 7) is 1.73. The highest BCUT2D eigenvalue weighted by molar-refractivity contribution is 8.14. The molecule has 3 rings (SSSR count). The van der Waals surface area contributed by atoms with Crippen LogP contribution in [0.15, 0.2) is 64.8 Å². The van der Waals surface area contributed by atoms with Gasteiger partial charge in [0.2, 0.25) is 11.8 Å². The number of amidine groups is 1. The number of rotatable bonds is 5. The Morgan fingerprint density at radius 3 is 2.59 bits per heavy atom. The zero-order valence-corrected chi connectivity index (χ0v) is 17.7. The third kappa shape index (κ3) is 5.12. The smallest absolute Gasteiger partial charge is 0.248 e. The molecule has 0 unspecified atom stereocenters. The summed E-state index contributed by atoms with van der Waals surface area (Å²) in [6.07, 6.45) is 0. The number of para-hydroxylation sites is 1. The van der Waals surface area contributed by atoms with Crippen molar-refractivity contribution in [3.63, 3.8) is 0 Å². The Bertz CT molecular complexity index is 1010. The molecule has 0 saturated heterocycles. The minimum atomic E-state index is -0.709. The number of aliphatic imine (C=N–C) groups is 1. The maximum absolute atomic E-state index is 12.2. The highest BCUT2D eigenvalue weighted by Crippen LogP contribution is 2.38. The van der Waals surface area contributed by atoms with E-state index in [-0.39, 0.29) is 11.7 Å². The third-order valence-corrected chi connectivity index (χ3v) is 5.88. The molecule has 150 valence electrons. The fraction of sp³-hybridized carbons (Fsp3) is 0.150. The maximum atomic E-state index is 12.2. The number of carbonyl (C=O) groups is 2. The van der Waals surface area contributed by atoms with E-state index in [1.165, 1.54) is 11.8 Å². The van der Waals surface area contributed by atoms with E-state index in [1.807, 2.05) is 30.3 Å². The van der Waals surface area contributed by atoms with Crippen LogP contribution in [0.3, 0.4) is 0 Å². The molecule has 0 aromatic heterocycles. The van der Waals surface area contributed by atoms with Crippen molar-refractivity contribution in [1.29, 1.82) is 0 Å². The average molecular weight is 449 g/mol. The monoisotopic (exact) mass is 448 g/mol. The number of hydrogen-bond donors (Lipinski definition) is 3. The van der Waals surface area contributed by atoms with Gasteiger partial charge in [-0.05, 0) is 25.1 Å². The van der Waals surface area contributed by atoms with E-state index < -0.39 is 11.9 Å². The predicted molar refractivity (Wildman–Crippen MR) is 119 cm³/mol. The van der Waals surface area contributed by atoms with Gasteiger partial charge in [0.1, 0.15) is 6.04 Å². The lowest BCUT2D eigenvalue weighted by molar-refractivity contribution is -0.115. The van der Waals surface area contributed by atoms with Crippen LogP contribution in [-0.2, 0) is 9.59 Å². The number of anilines is 1. The number of nitrogens with two attached hydrogens (primary N) is 1. The zero-order valence-electron chi connectivity index (χ0n) is 15.4. The van der Waals surface area contributed by atoms with Crippen LogP contribution in [0.1, 0.15) is 18.5 Å². The van der Waals surface area contributed by atoms with Gasteiger partial charge in [-0.25, -0.2) is 4.99 Å². The number of benzene rings is 2. The van der Waals surface area contributed by atoms with Crippen LogP contribution in [0.25, 0.3) is 0 Å². The quantitative estimate of drug-likeness (QED) is 0.640. The van der Waals surface area contributed by atoms with Crippen molar-refractivity contribution in [3.8, 4) is 0 Å². The van der Waals surface area contributed by atoms with E-state index in [9.17, 15) is 9.59 Å². The molecule has 1 aliphatic heterocycles. The predicted octanol–water partition coefficient (Wildman–Crippen LogP) is 4.12. The minimum Gasteiger partial charge on any atom is -0.366 e. The molecule has 0 radical (unpaired) electrons. The van der Waals surface area contributed by atoms with Crippen LogP contribution in [0, 0.1) is 0 Å². The number of primary amides is 1. The van der Waals surface area contributed by atoms with Crippen LogP contribution in [0.2, 0.25) is 10.0 Å². The average Bonchev–Trinajstić information content (AvgIpc) is 2.68. The molecule has 0 bridgehead atoms. The number of carbonyl (C=O) groups excluding carboxylic acids is 2. The van der Waals surface area contributed by atoms with E-state index in [4.69, 9.17) is 28.9 Å². The van der Waals surface area contributed by atoms with Gasteiger partial charge in [0.05, 0.1) is 21.4 Å². The summed E-state index contributed by atoms with van der Waals surface area (Å²) in [6, 6.07) is 13.6. The van der Waals surface area contributed by atoms with Gasteiger partial charge in [-0.3, -0.25) is 9.59 Å². The molecule has 1 heterocycles. The zero-order chi connectivity index (χ0) is 21.0. The first-order valence-electron chi connectivity index (χ1n) is 8.64. The van der Waals surface area contributed by atoms with Crippen LogP contribution in [0.4, 0.5) is 5.69 Å². The molecule has 0 fully saturated rings. The molecule has 2 aromatic rings. The van der Waals surface area contributed by atoms with E-state index in [0.29, 0.717) is 37.7 Å². The third-order valence-electron chi connectivity index (χ3n) is 4.16. The summed E-state index contributed by atoms with van der Waals surface area (Å²) in [5, 5.41) is 7.00. The Balaban J connectivity index is 1.80. The molecular weight excluding hydrogens is 431 g/mol. The van der Waals surface area contributed by atoms with Gasteiger partial charge in [-0.15, -0.1) is 0 Å². The normalized spacial score (nSPS) is 16.1. The van der Waals surface area contributed by atoms with Crippen molar-refractivity contribution in [2.75, 3.05) is 11.1 Å². The highest BCUT2D eigenvalue weighted by atomic mass is 35.5. The minimum absolute atomic E-state index is 0.135. The lowest BCUT2D eigenvalue weighted by atomic mass is 9.96.